The Balaban J connectivity index is 2.74. The Morgan fingerprint density at radius 2 is 2.50 bits per heavy atom. The van der Waals surface area contributed by atoms with Crippen LogP contribution >= 0.6 is 0 Å². The molecule has 0 aromatic heterocycles. The molecule has 0 fully saturated rings. The van der Waals surface area contributed by atoms with Gasteiger partial charge in [0.2, 0.25) is 5.84 Å². The number of amidine groups is 1. The van der Waals surface area contributed by atoms with E-state index in [1.165, 1.54) is 0 Å². The summed E-state index contributed by atoms with van der Waals surface area (Å²) in [4.78, 5) is 3.76. The van der Waals surface area contributed by atoms with Gasteiger partial charge in [0.1, 0.15) is 6.07 Å². The van der Waals surface area contributed by atoms with E-state index in [0.717, 1.165) is 5.70 Å². The molecule has 3 nitrogen and oxygen atoms in total. The van der Waals surface area contributed by atoms with Gasteiger partial charge in [-0.2, -0.15) is 5.26 Å². The van der Waals surface area contributed by atoms with Crippen molar-refractivity contribution in [2.45, 2.75) is 6.92 Å². The SMILES string of the molecule is CC1=C[N]C(C#N)=N1. The highest BCUT2D eigenvalue weighted by molar-refractivity contribution is 5.98. The van der Waals surface area contributed by atoms with E-state index in [9.17, 15) is 0 Å². The van der Waals surface area contributed by atoms with Crippen molar-refractivity contribution in [2.75, 3.05) is 0 Å². The van der Waals surface area contributed by atoms with Crippen LogP contribution in [0.1, 0.15) is 6.92 Å². The molecule has 1 aliphatic rings. The third-order valence-electron chi connectivity index (χ3n) is 0.756. The number of rotatable bonds is 0. The molecule has 1 rings (SSSR count). The normalized spacial score (nSPS) is 16.0. The van der Waals surface area contributed by atoms with Crippen LogP contribution in [0.2, 0.25) is 0 Å². The van der Waals surface area contributed by atoms with Gasteiger partial charge in [-0.1, -0.05) is 0 Å². The first-order valence-electron chi connectivity index (χ1n) is 2.19. The third-order valence-corrected chi connectivity index (χ3v) is 0.756. The van der Waals surface area contributed by atoms with Crippen molar-refractivity contribution in [2.24, 2.45) is 4.99 Å². The number of hydrogen-bond donors (Lipinski definition) is 0. The van der Waals surface area contributed by atoms with Gasteiger partial charge in [0, 0.05) is 0 Å². The Bertz CT molecular complexity index is 194. The van der Waals surface area contributed by atoms with Gasteiger partial charge in [-0.25, -0.2) is 10.3 Å². The lowest BCUT2D eigenvalue weighted by molar-refractivity contribution is 1.28. The van der Waals surface area contributed by atoms with E-state index in [0.29, 0.717) is 0 Å². The summed E-state index contributed by atoms with van der Waals surface area (Å²) in [6.45, 7) is 1.80. The molecule has 0 aromatic carbocycles. The van der Waals surface area contributed by atoms with Crippen LogP contribution in [0.25, 0.3) is 0 Å². The second-order valence-electron chi connectivity index (χ2n) is 1.45. The summed E-state index contributed by atoms with van der Waals surface area (Å²) in [5.41, 5.74) is 0.793. The number of nitrogens with zero attached hydrogens (tertiary/aromatic N) is 3. The summed E-state index contributed by atoms with van der Waals surface area (Å²) in [6.07, 6.45) is 1.57. The van der Waals surface area contributed by atoms with E-state index in [1.807, 2.05) is 6.07 Å². The van der Waals surface area contributed by atoms with Crippen LogP contribution in [0, 0.1) is 11.3 Å². The van der Waals surface area contributed by atoms with Crippen LogP contribution in [0.5, 0.6) is 0 Å². The number of aliphatic imine (C=N–C) groups is 1. The Hall–Kier alpha value is -1.30. The van der Waals surface area contributed by atoms with Crippen LogP contribution in [0.3, 0.4) is 0 Å². The minimum atomic E-state index is 0.252. The predicted molar refractivity (Wildman–Crippen MR) is 28.9 cm³/mol. The summed E-state index contributed by atoms with van der Waals surface area (Å²) < 4.78 is 0. The maximum absolute atomic E-state index is 8.18. The molecule has 0 aliphatic carbocycles. The summed E-state index contributed by atoms with van der Waals surface area (Å²) in [6, 6.07) is 1.83. The van der Waals surface area contributed by atoms with Crippen molar-refractivity contribution in [3.63, 3.8) is 0 Å². The first-order valence-corrected chi connectivity index (χ1v) is 2.19. The van der Waals surface area contributed by atoms with Crippen LogP contribution in [-0.2, 0) is 0 Å². The molecule has 8 heavy (non-hydrogen) atoms. The second-order valence-corrected chi connectivity index (χ2v) is 1.45. The van der Waals surface area contributed by atoms with Crippen molar-refractivity contribution in [3.8, 4) is 6.07 Å². The van der Waals surface area contributed by atoms with Crippen LogP contribution in [0.4, 0.5) is 0 Å². The quantitative estimate of drug-likeness (QED) is 0.440. The predicted octanol–water partition coefficient (Wildman–Crippen LogP) is 0.388. The molecule has 0 saturated carbocycles. The standard InChI is InChI=1S/C5H4N3/c1-4-3-7-5(2-6)8-4/h3H,1H3. The van der Waals surface area contributed by atoms with Gasteiger partial charge in [0.25, 0.3) is 0 Å². The fraction of sp³-hybridized carbons (Fsp3) is 0.200. The third kappa shape index (κ3) is 0.684. The molecule has 39 valence electrons. The van der Waals surface area contributed by atoms with Crippen molar-refractivity contribution in [1.82, 2.24) is 5.32 Å². The maximum atomic E-state index is 8.18. The van der Waals surface area contributed by atoms with E-state index >= 15 is 0 Å². The van der Waals surface area contributed by atoms with Crippen LogP contribution in [0.15, 0.2) is 16.9 Å². The Morgan fingerprint density at radius 1 is 1.75 bits per heavy atom. The summed E-state index contributed by atoms with van der Waals surface area (Å²) in [5, 5.41) is 11.8. The molecule has 0 atom stereocenters. The van der Waals surface area contributed by atoms with Gasteiger partial charge >= 0.3 is 0 Å². The zero-order chi connectivity index (χ0) is 5.98. The second kappa shape index (κ2) is 1.66. The minimum absolute atomic E-state index is 0.252. The highest BCUT2D eigenvalue weighted by atomic mass is 15.0. The van der Waals surface area contributed by atoms with Crippen molar-refractivity contribution < 1.29 is 0 Å². The highest BCUT2D eigenvalue weighted by Gasteiger charge is 2.02. The number of hydrogen-bond acceptors (Lipinski definition) is 2. The molecule has 0 saturated heterocycles. The smallest absolute Gasteiger partial charge is 0.226 e. The molecule has 0 amide bonds. The minimum Gasteiger partial charge on any atom is -0.226 e. The molecule has 0 unspecified atom stereocenters. The fourth-order valence-electron chi connectivity index (χ4n) is 0.433. The summed E-state index contributed by atoms with van der Waals surface area (Å²) in [7, 11) is 0. The molecule has 0 spiro atoms. The molecule has 0 aromatic rings. The molecule has 1 radical (unpaired) electrons. The first-order chi connectivity index (χ1) is 3.83. The zero-order valence-electron chi connectivity index (χ0n) is 4.42. The van der Waals surface area contributed by atoms with Gasteiger partial charge in [-0.15, -0.1) is 0 Å². The lowest BCUT2D eigenvalue weighted by Crippen LogP contribution is -2.00. The fourth-order valence-corrected chi connectivity index (χ4v) is 0.433. The molecular weight excluding hydrogens is 102 g/mol. The van der Waals surface area contributed by atoms with E-state index in [2.05, 4.69) is 10.3 Å². The first kappa shape index (κ1) is 4.85. The van der Waals surface area contributed by atoms with Gasteiger partial charge < -0.3 is 0 Å². The van der Waals surface area contributed by atoms with Crippen LogP contribution in [-0.4, -0.2) is 5.84 Å². The lowest BCUT2D eigenvalue weighted by Gasteiger charge is -1.75. The average Bonchev–Trinajstić information content (AvgIpc) is 2.14. The van der Waals surface area contributed by atoms with Gasteiger partial charge in [-0.05, 0) is 6.92 Å². The summed E-state index contributed by atoms with van der Waals surface area (Å²) >= 11 is 0. The Labute approximate surface area is 47.3 Å². The Morgan fingerprint density at radius 3 is 2.75 bits per heavy atom. The van der Waals surface area contributed by atoms with Crippen LogP contribution < -0.4 is 5.32 Å². The van der Waals surface area contributed by atoms with E-state index in [-0.39, 0.29) is 5.84 Å². The number of nitriles is 1. The largest absolute Gasteiger partial charge is 0.232 e. The molecule has 3 heteroatoms. The van der Waals surface area contributed by atoms with Gasteiger partial charge in [0.05, 0.1) is 11.9 Å². The van der Waals surface area contributed by atoms with E-state index in [1.54, 1.807) is 13.1 Å². The molecule has 0 N–H and O–H groups in total. The lowest BCUT2D eigenvalue weighted by atomic mass is 10.6. The topological polar surface area (TPSA) is 50.2 Å². The van der Waals surface area contributed by atoms with Gasteiger partial charge in [0.15, 0.2) is 0 Å². The van der Waals surface area contributed by atoms with E-state index in [4.69, 9.17) is 5.26 Å². The molecule has 1 heterocycles. The van der Waals surface area contributed by atoms with Crippen molar-refractivity contribution >= 4 is 5.84 Å². The molecule has 1 aliphatic heterocycles. The maximum Gasteiger partial charge on any atom is 0.232 e. The van der Waals surface area contributed by atoms with Crippen molar-refractivity contribution in [1.29, 1.82) is 5.26 Å². The van der Waals surface area contributed by atoms with Crippen molar-refractivity contribution in [3.05, 3.63) is 11.9 Å². The van der Waals surface area contributed by atoms with Gasteiger partial charge in [-0.3, -0.25) is 0 Å². The zero-order valence-corrected chi connectivity index (χ0v) is 4.42. The molecule has 0 bridgehead atoms. The highest BCUT2D eigenvalue weighted by Crippen LogP contribution is 1.99. The molecular formula is C5H4N3. The number of allylic oxidation sites excluding steroid dienone is 1. The summed E-state index contributed by atoms with van der Waals surface area (Å²) in [5.74, 6) is 0.252. The Kier molecular flexibility index (Phi) is 1.01. The van der Waals surface area contributed by atoms with E-state index < -0.39 is 0 Å². The average molecular weight is 106 g/mol. The monoisotopic (exact) mass is 106 g/mol.